The molecule has 0 radical (unpaired) electrons. The van der Waals surface area contributed by atoms with Gasteiger partial charge in [0.25, 0.3) is 5.91 Å². The third-order valence-electron chi connectivity index (χ3n) is 5.68. The fourth-order valence-corrected chi connectivity index (χ4v) is 6.82. The maximum Gasteiger partial charge on any atom is 0.279 e. The molecular formula is C23H27N3O3S3. The molecule has 170 valence electrons. The largest absolute Gasteiger partial charge is 0.316 e. The molecule has 2 aromatic carbocycles. The molecule has 1 aliphatic rings. The van der Waals surface area contributed by atoms with Crippen molar-refractivity contribution in [1.82, 2.24) is 8.87 Å². The molecule has 0 spiro atoms. The lowest BCUT2D eigenvalue weighted by Gasteiger charge is -2.15. The van der Waals surface area contributed by atoms with E-state index in [-0.39, 0.29) is 10.8 Å². The minimum absolute atomic E-state index is 0.222. The van der Waals surface area contributed by atoms with Crippen molar-refractivity contribution in [2.45, 2.75) is 37.6 Å². The maximum atomic E-state index is 12.9. The molecule has 1 aromatic heterocycles. The quantitative estimate of drug-likeness (QED) is 0.500. The van der Waals surface area contributed by atoms with Crippen LogP contribution < -0.4 is 4.80 Å². The Balaban J connectivity index is 1.66. The Labute approximate surface area is 197 Å². The second-order valence-corrected chi connectivity index (χ2v) is 11.7. The molecule has 1 saturated heterocycles. The van der Waals surface area contributed by atoms with Gasteiger partial charge < -0.3 is 4.57 Å². The van der Waals surface area contributed by atoms with E-state index >= 15 is 0 Å². The first kappa shape index (κ1) is 23.2. The number of nitrogens with zero attached hydrogens (tertiary/aromatic N) is 3. The summed E-state index contributed by atoms with van der Waals surface area (Å²) >= 11 is 3.27. The van der Waals surface area contributed by atoms with E-state index in [1.807, 2.05) is 0 Å². The Morgan fingerprint density at radius 2 is 1.84 bits per heavy atom. The van der Waals surface area contributed by atoms with Crippen molar-refractivity contribution in [3.8, 4) is 0 Å². The predicted molar refractivity (Wildman–Crippen MR) is 132 cm³/mol. The summed E-state index contributed by atoms with van der Waals surface area (Å²) in [7, 11) is -3.49. The highest BCUT2D eigenvalue weighted by atomic mass is 32.2. The van der Waals surface area contributed by atoms with Crippen LogP contribution in [0.4, 0.5) is 0 Å². The molecule has 0 unspecified atom stereocenters. The Hall–Kier alpha value is -1.94. The fourth-order valence-electron chi connectivity index (χ4n) is 3.82. The van der Waals surface area contributed by atoms with Gasteiger partial charge in [-0.05, 0) is 67.5 Å². The molecule has 2 heterocycles. The normalized spacial score (nSPS) is 15.6. The molecule has 4 rings (SSSR count). The van der Waals surface area contributed by atoms with Crippen molar-refractivity contribution in [3.63, 3.8) is 0 Å². The van der Waals surface area contributed by atoms with Crippen LogP contribution in [0.1, 0.15) is 35.7 Å². The average Bonchev–Trinajstić information content (AvgIpc) is 3.46. The van der Waals surface area contributed by atoms with Gasteiger partial charge >= 0.3 is 0 Å². The summed E-state index contributed by atoms with van der Waals surface area (Å²) in [6.07, 6.45) is 4.79. The smallest absolute Gasteiger partial charge is 0.279 e. The molecule has 3 aromatic rings. The third kappa shape index (κ3) is 4.71. The van der Waals surface area contributed by atoms with Gasteiger partial charge in [0.05, 0.1) is 15.1 Å². The lowest BCUT2D eigenvalue weighted by atomic mass is 10.2. The molecule has 6 nitrogen and oxygen atoms in total. The van der Waals surface area contributed by atoms with Crippen LogP contribution in [0.2, 0.25) is 0 Å². The fraction of sp³-hybridized carbons (Fsp3) is 0.391. The Morgan fingerprint density at radius 1 is 1.12 bits per heavy atom. The van der Waals surface area contributed by atoms with Crippen molar-refractivity contribution >= 4 is 49.2 Å². The van der Waals surface area contributed by atoms with E-state index < -0.39 is 10.0 Å². The van der Waals surface area contributed by atoms with Gasteiger partial charge in [-0.25, -0.2) is 8.42 Å². The molecule has 32 heavy (non-hydrogen) atoms. The number of aromatic nitrogens is 1. The van der Waals surface area contributed by atoms with Crippen LogP contribution in [0.5, 0.6) is 0 Å². The molecule has 1 amide bonds. The number of benzene rings is 2. The van der Waals surface area contributed by atoms with E-state index in [9.17, 15) is 13.2 Å². The van der Waals surface area contributed by atoms with Gasteiger partial charge in [0.15, 0.2) is 4.80 Å². The monoisotopic (exact) mass is 489 g/mol. The summed E-state index contributed by atoms with van der Waals surface area (Å²) in [6.45, 7) is 4.00. The van der Waals surface area contributed by atoms with Crippen molar-refractivity contribution in [1.29, 1.82) is 0 Å². The number of aryl methyl sites for hydroxylation is 2. The first-order valence-electron chi connectivity index (χ1n) is 10.7. The number of thioether (sulfide) groups is 1. The second kappa shape index (κ2) is 9.91. The molecule has 1 fully saturated rings. The third-order valence-corrected chi connectivity index (χ3v) is 9.22. The number of carbonyl (C=O) groups is 1. The van der Waals surface area contributed by atoms with E-state index in [1.54, 1.807) is 23.9 Å². The van der Waals surface area contributed by atoms with Gasteiger partial charge in [0.1, 0.15) is 0 Å². The average molecular weight is 490 g/mol. The lowest BCUT2D eigenvalue weighted by molar-refractivity contribution is 0.0997. The van der Waals surface area contributed by atoms with E-state index in [0.29, 0.717) is 23.5 Å². The van der Waals surface area contributed by atoms with Crippen LogP contribution in [0, 0.1) is 0 Å². The summed E-state index contributed by atoms with van der Waals surface area (Å²) in [4.78, 5) is 18.2. The van der Waals surface area contributed by atoms with Gasteiger partial charge in [-0.1, -0.05) is 24.3 Å². The molecule has 0 saturated carbocycles. The molecule has 0 atom stereocenters. The molecular weight excluding hydrogens is 462 g/mol. The minimum Gasteiger partial charge on any atom is -0.316 e. The van der Waals surface area contributed by atoms with E-state index in [4.69, 9.17) is 0 Å². The number of hydrogen-bond acceptors (Lipinski definition) is 5. The van der Waals surface area contributed by atoms with Crippen LogP contribution >= 0.6 is 23.1 Å². The SMILES string of the molecule is CCc1ccc2c(c1)sc(=NC(=O)c1ccc(S(=O)(=O)N3CCCC3)cc1)n2CCSC. The van der Waals surface area contributed by atoms with Crippen LogP contribution in [0.15, 0.2) is 52.4 Å². The van der Waals surface area contributed by atoms with Crippen LogP contribution in [0.3, 0.4) is 0 Å². The number of fused-ring (bicyclic) bond motifs is 1. The zero-order valence-electron chi connectivity index (χ0n) is 18.3. The van der Waals surface area contributed by atoms with E-state index in [1.165, 1.54) is 33.3 Å². The highest BCUT2D eigenvalue weighted by molar-refractivity contribution is 7.98. The van der Waals surface area contributed by atoms with Gasteiger partial charge in [0.2, 0.25) is 10.0 Å². The zero-order valence-corrected chi connectivity index (χ0v) is 20.7. The highest BCUT2D eigenvalue weighted by Crippen LogP contribution is 2.22. The van der Waals surface area contributed by atoms with Crippen molar-refractivity contribution in [3.05, 3.63) is 58.4 Å². The minimum atomic E-state index is -3.49. The lowest BCUT2D eigenvalue weighted by Crippen LogP contribution is -2.27. The number of thiazole rings is 1. The van der Waals surface area contributed by atoms with E-state index in [2.05, 4.69) is 40.9 Å². The first-order chi connectivity index (χ1) is 15.4. The van der Waals surface area contributed by atoms with Gasteiger partial charge in [0, 0.05) is 31.0 Å². The van der Waals surface area contributed by atoms with Gasteiger partial charge in [-0.2, -0.15) is 21.1 Å². The number of rotatable bonds is 7. The predicted octanol–water partition coefficient (Wildman–Crippen LogP) is 4.15. The molecule has 0 N–H and O–H groups in total. The number of sulfonamides is 1. The summed E-state index contributed by atoms with van der Waals surface area (Å²) in [5, 5.41) is 0. The van der Waals surface area contributed by atoms with Crippen molar-refractivity contribution < 1.29 is 13.2 Å². The van der Waals surface area contributed by atoms with Crippen LogP contribution in [0.25, 0.3) is 10.2 Å². The van der Waals surface area contributed by atoms with Gasteiger partial charge in [-0.3, -0.25) is 4.79 Å². The summed E-state index contributed by atoms with van der Waals surface area (Å²) in [5.41, 5.74) is 2.72. The molecule has 0 aliphatic carbocycles. The summed E-state index contributed by atoms with van der Waals surface area (Å²) < 4.78 is 30.2. The Kier molecular flexibility index (Phi) is 7.19. The Bertz CT molecular complexity index is 1290. The number of amides is 1. The zero-order chi connectivity index (χ0) is 22.7. The first-order valence-corrected chi connectivity index (χ1v) is 14.4. The van der Waals surface area contributed by atoms with Gasteiger partial charge in [-0.15, -0.1) is 0 Å². The summed E-state index contributed by atoms with van der Waals surface area (Å²) in [6, 6.07) is 12.5. The standard InChI is InChI=1S/C23H27N3O3S3/c1-3-17-6-11-20-21(16-17)31-23(26(20)14-15-30-2)24-22(27)18-7-9-19(10-8-18)32(28,29)25-12-4-5-13-25/h6-11,16H,3-5,12-15H2,1-2H3. The highest BCUT2D eigenvalue weighted by Gasteiger charge is 2.27. The van der Waals surface area contributed by atoms with Crippen molar-refractivity contribution in [2.24, 2.45) is 4.99 Å². The molecule has 0 bridgehead atoms. The number of hydrogen-bond donors (Lipinski definition) is 0. The molecule has 9 heteroatoms. The van der Waals surface area contributed by atoms with Crippen LogP contribution in [-0.2, 0) is 23.0 Å². The number of carbonyl (C=O) groups excluding carboxylic acids is 1. The summed E-state index contributed by atoms with van der Waals surface area (Å²) in [5.74, 6) is 0.557. The second-order valence-electron chi connectivity index (χ2n) is 7.74. The van der Waals surface area contributed by atoms with Crippen LogP contribution in [-0.4, -0.2) is 48.3 Å². The van der Waals surface area contributed by atoms with Crippen molar-refractivity contribution in [2.75, 3.05) is 25.1 Å². The Morgan fingerprint density at radius 3 is 2.50 bits per heavy atom. The van der Waals surface area contributed by atoms with E-state index in [0.717, 1.165) is 41.8 Å². The maximum absolute atomic E-state index is 12.9. The molecule has 1 aliphatic heterocycles. The topological polar surface area (TPSA) is 71.7 Å².